The fourth-order valence-electron chi connectivity index (χ4n) is 1.58. The number of benzene rings is 1. The van der Waals surface area contributed by atoms with Crippen LogP contribution >= 0.6 is 0 Å². The van der Waals surface area contributed by atoms with Crippen LogP contribution in [0.1, 0.15) is 22.8 Å². The second kappa shape index (κ2) is 7.04. The summed E-state index contributed by atoms with van der Waals surface area (Å²) in [6, 6.07) is 7.00. The normalized spacial score (nSPS) is 10.8. The van der Waals surface area contributed by atoms with Crippen LogP contribution in [-0.2, 0) is 11.3 Å². The second-order valence-electron chi connectivity index (χ2n) is 3.86. The van der Waals surface area contributed by atoms with Crippen molar-refractivity contribution in [1.29, 1.82) is 0 Å². The maximum Gasteiger partial charge on any atom is 0.335 e. The third-order valence-electron chi connectivity index (χ3n) is 2.67. The number of ether oxygens (including phenoxy) is 1. The Morgan fingerprint density at radius 2 is 2.00 bits per heavy atom. The van der Waals surface area contributed by atoms with Gasteiger partial charge in [-0.1, -0.05) is 19.1 Å². The number of carbonyl (C=O) groups is 1. The molecule has 0 radical (unpaired) electrons. The van der Waals surface area contributed by atoms with Crippen LogP contribution in [0.5, 0.6) is 0 Å². The number of carboxylic acids is 1. The minimum absolute atomic E-state index is 0.327. The van der Waals surface area contributed by atoms with Gasteiger partial charge in [0.1, 0.15) is 0 Å². The van der Waals surface area contributed by atoms with Crippen molar-refractivity contribution >= 4 is 5.97 Å². The van der Waals surface area contributed by atoms with Crippen molar-refractivity contribution in [2.45, 2.75) is 13.5 Å². The molecule has 94 valence electrons. The number of methoxy groups -OCH3 is 1. The number of aromatic carboxylic acids is 1. The molecule has 0 saturated carbocycles. The molecule has 0 spiro atoms. The standard InChI is InChI=1S/C13H19NO3/c1-3-14(8-9-17-2)10-11-4-6-12(7-5-11)13(15)16/h4-7H,3,8-10H2,1-2H3,(H,15,16). The monoisotopic (exact) mass is 237 g/mol. The fourth-order valence-corrected chi connectivity index (χ4v) is 1.58. The van der Waals surface area contributed by atoms with Gasteiger partial charge in [-0.05, 0) is 24.2 Å². The quantitative estimate of drug-likeness (QED) is 0.786. The molecule has 0 aliphatic carbocycles. The van der Waals surface area contributed by atoms with Crippen LogP contribution in [0.4, 0.5) is 0 Å². The van der Waals surface area contributed by atoms with Gasteiger partial charge in [-0.2, -0.15) is 0 Å². The summed E-state index contributed by atoms with van der Waals surface area (Å²) >= 11 is 0. The Hall–Kier alpha value is -1.39. The van der Waals surface area contributed by atoms with E-state index in [1.807, 2.05) is 12.1 Å². The van der Waals surface area contributed by atoms with Gasteiger partial charge in [0.05, 0.1) is 12.2 Å². The van der Waals surface area contributed by atoms with Crippen LogP contribution in [0.25, 0.3) is 0 Å². The predicted molar refractivity (Wildman–Crippen MR) is 66.2 cm³/mol. The first-order chi connectivity index (χ1) is 8.17. The van der Waals surface area contributed by atoms with E-state index in [-0.39, 0.29) is 0 Å². The average molecular weight is 237 g/mol. The summed E-state index contributed by atoms with van der Waals surface area (Å²) in [6.45, 7) is 5.46. The minimum Gasteiger partial charge on any atom is -0.478 e. The third-order valence-corrected chi connectivity index (χ3v) is 2.67. The Bertz CT molecular complexity index is 348. The molecule has 4 nitrogen and oxygen atoms in total. The molecule has 0 aromatic heterocycles. The highest BCUT2D eigenvalue weighted by Crippen LogP contribution is 2.07. The van der Waals surface area contributed by atoms with Crippen LogP contribution in [0.3, 0.4) is 0 Å². The van der Waals surface area contributed by atoms with E-state index in [0.29, 0.717) is 12.2 Å². The number of nitrogens with zero attached hydrogens (tertiary/aromatic N) is 1. The maximum absolute atomic E-state index is 10.7. The smallest absolute Gasteiger partial charge is 0.335 e. The lowest BCUT2D eigenvalue weighted by Crippen LogP contribution is -2.26. The van der Waals surface area contributed by atoms with E-state index in [2.05, 4.69) is 11.8 Å². The van der Waals surface area contributed by atoms with Crippen molar-refractivity contribution < 1.29 is 14.6 Å². The lowest BCUT2D eigenvalue weighted by molar-refractivity contribution is 0.0697. The van der Waals surface area contributed by atoms with E-state index >= 15 is 0 Å². The molecule has 0 unspecified atom stereocenters. The van der Waals surface area contributed by atoms with Crippen molar-refractivity contribution in [1.82, 2.24) is 4.90 Å². The van der Waals surface area contributed by atoms with Gasteiger partial charge in [-0.25, -0.2) is 4.79 Å². The van der Waals surface area contributed by atoms with Gasteiger partial charge >= 0.3 is 5.97 Å². The van der Waals surface area contributed by atoms with Gasteiger partial charge in [0.2, 0.25) is 0 Å². The summed E-state index contributed by atoms with van der Waals surface area (Å²) in [7, 11) is 1.69. The zero-order valence-electron chi connectivity index (χ0n) is 10.3. The largest absolute Gasteiger partial charge is 0.478 e. The van der Waals surface area contributed by atoms with Crippen LogP contribution in [0.2, 0.25) is 0 Å². The molecule has 0 aliphatic rings. The van der Waals surface area contributed by atoms with E-state index in [1.54, 1.807) is 19.2 Å². The van der Waals surface area contributed by atoms with Crippen molar-refractivity contribution in [3.05, 3.63) is 35.4 Å². The van der Waals surface area contributed by atoms with Gasteiger partial charge in [0, 0.05) is 20.2 Å². The number of hydrogen-bond acceptors (Lipinski definition) is 3. The molecule has 1 aromatic carbocycles. The molecule has 0 atom stereocenters. The first kappa shape index (κ1) is 13.7. The number of rotatable bonds is 7. The Morgan fingerprint density at radius 1 is 1.35 bits per heavy atom. The molecule has 1 rings (SSSR count). The summed E-state index contributed by atoms with van der Waals surface area (Å²) in [6.07, 6.45) is 0. The molecular weight excluding hydrogens is 218 g/mol. The van der Waals surface area contributed by atoms with Crippen LogP contribution in [0.15, 0.2) is 24.3 Å². The Balaban J connectivity index is 2.57. The Labute approximate surface area is 102 Å². The zero-order chi connectivity index (χ0) is 12.7. The molecule has 0 fully saturated rings. The van der Waals surface area contributed by atoms with Crippen LogP contribution in [0, 0.1) is 0 Å². The minimum atomic E-state index is -0.886. The topological polar surface area (TPSA) is 49.8 Å². The molecule has 0 bridgehead atoms. The van der Waals surface area contributed by atoms with Crippen molar-refractivity contribution in [2.24, 2.45) is 0 Å². The van der Waals surface area contributed by atoms with Crippen LogP contribution in [-0.4, -0.2) is 42.8 Å². The highest BCUT2D eigenvalue weighted by Gasteiger charge is 2.05. The van der Waals surface area contributed by atoms with Crippen molar-refractivity contribution in [3.8, 4) is 0 Å². The van der Waals surface area contributed by atoms with Gasteiger partial charge in [-0.3, -0.25) is 4.90 Å². The predicted octanol–water partition coefficient (Wildman–Crippen LogP) is 1.85. The Kier molecular flexibility index (Phi) is 5.66. The van der Waals surface area contributed by atoms with Gasteiger partial charge in [0.15, 0.2) is 0 Å². The molecular formula is C13H19NO3. The lowest BCUT2D eigenvalue weighted by Gasteiger charge is -2.19. The van der Waals surface area contributed by atoms with Crippen LogP contribution < -0.4 is 0 Å². The summed E-state index contributed by atoms with van der Waals surface area (Å²) in [5, 5.41) is 8.79. The zero-order valence-corrected chi connectivity index (χ0v) is 10.3. The summed E-state index contributed by atoms with van der Waals surface area (Å²) in [5.41, 5.74) is 1.45. The summed E-state index contributed by atoms with van der Waals surface area (Å²) in [5.74, 6) is -0.886. The van der Waals surface area contributed by atoms with E-state index in [9.17, 15) is 4.79 Å². The van der Waals surface area contributed by atoms with Gasteiger partial charge in [-0.15, -0.1) is 0 Å². The molecule has 0 heterocycles. The highest BCUT2D eigenvalue weighted by atomic mass is 16.5. The Morgan fingerprint density at radius 3 is 2.47 bits per heavy atom. The molecule has 0 amide bonds. The summed E-state index contributed by atoms with van der Waals surface area (Å²) in [4.78, 5) is 13.0. The van der Waals surface area contributed by atoms with Crippen molar-refractivity contribution in [3.63, 3.8) is 0 Å². The van der Waals surface area contributed by atoms with Gasteiger partial charge < -0.3 is 9.84 Å². The molecule has 0 aliphatic heterocycles. The van der Waals surface area contributed by atoms with E-state index in [4.69, 9.17) is 9.84 Å². The van der Waals surface area contributed by atoms with E-state index < -0.39 is 5.97 Å². The summed E-state index contributed by atoms with van der Waals surface area (Å²) < 4.78 is 5.04. The first-order valence-electron chi connectivity index (χ1n) is 5.71. The molecule has 1 N–H and O–H groups in total. The molecule has 0 saturated heterocycles. The highest BCUT2D eigenvalue weighted by molar-refractivity contribution is 5.87. The number of carboxylic acid groups (broad SMARTS) is 1. The van der Waals surface area contributed by atoms with Crippen molar-refractivity contribution in [2.75, 3.05) is 26.8 Å². The van der Waals surface area contributed by atoms with E-state index in [1.165, 1.54) is 0 Å². The van der Waals surface area contributed by atoms with Gasteiger partial charge in [0.25, 0.3) is 0 Å². The second-order valence-corrected chi connectivity index (χ2v) is 3.86. The fraction of sp³-hybridized carbons (Fsp3) is 0.462. The molecule has 1 aromatic rings. The van der Waals surface area contributed by atoms with E-state index in [0.717, 1.165) is 25.2 Å². The lowest BCUT2D eigenvalue weighted by atomic mass is 10.1. The number of likely N-dealkylation sites (N-methyl/N-ethyl adjacent to an activating group) is 1. The SMILES string of the molecule is CCN(CCOC)Cc1ccc(C(=O)O)cc1. The number of hydrogen-bond donors (Lipinski definition) is 1. The average Bonchev–Trinajstić information content (AvgIpc) is 2.35. The first-order valence-corrected chi connectivity index (χ1v) is 5.71. The molecule has 17 heavy (non-hydrogen) atoms. The third kappa shape index (κ3) is 4.54. The maximum atomic E-state index is 10.7. The molecule has 4 heteroatoms.